The molecule has 0 saturated carbocycles. The Bertz CT molecular complexity index is 1270. The number of halogens is 1. The highest BCUT2D eigenvalue weighted by Crippen LogP contribution is 2.27. The molecule has 3 aromatic rings. The van der Waals surface area contributed by atoms with Gasteiger partial charge in [-0.2, -0.15) is 0 Å². The summed E-state index contributed by atoms with van der Waals surface area (Å²) < 4.78 is 28.5. The molecule has 0 bridgehead atoms. The van der Waals surface area contributed by atoms with Crippen LogP contribution >= 0.6 is 11.6 Å². The van der Waals surface area contributed by atoms with Crippen molar-refractivity contribution in [3.8, 4) is 0 Å². The van der Waals surface area contributed by atoms with Gasteiger partial charge in [-0.15, -0.1) is 0 Å². The summed E-state index contributed by atoms with van der Waals surface area (Å²) in [5.41, 5.74) is -0.223. The minimum absolute atomic E-state index is 0.0184. The van der Waals surface area contributed by atoms with Gasteiger partial charge in [-0.05, 0) is 42.9 Å². The molecule has 2 aromatic carbocycles. The molecule has 30 heavy (non-hydrogen) atoms. The molecule has 0 radical (unpaired) electrons. The molecular formula is C20H23ClN4O4S. The van der Waals surface area contributed by atoms with Gasteiger partial charge < -0.3 is 9.97 Å². The number of aromatic nitrogens is 2. The lowest BCUT2D eigenvalue weighted by atomic mass is 10.1. The lowest BCUT2D eigenvalue weighted by Gasteiger charge is -2.30. The Morgan fingerprint density at radius 3 is 2.27 bits per heavy atom. The van der Waals surface area contributed by atoms with Crippen molar-refractivity contribution < 1.29 is 8.42 Å². The van der Waals surface area contributed by atoms with E-state index in [4.69, 9.17) is 11.6 Å². The molecule has 0 aliphatic carbocycles. The molecule has 1 atom stereocenters. The van der Waals surface area contributed by atoms with Crippen molar-refractivity contribution in [1.82, 2.24) is 19.6 Å². The van der Waals surface area contributed by atoms with Gasteiger partial charge in [0.05, 0.1) is 15.9 Å². The third-order valence-corrected chi connectivity index (χ3v) is 6.75. The standard InChI is InChI=1S/C20H23ClN4O4S/c1-3-25(4-2)18(14-7-5-6-8-15(14)21)12-22-30(28,29)13-9-10-16-17(11-13)24-20(27)19(26)23-16/h5-11,18,22H,3-4,12H2,1-2H3,(H,23,26)(H,24,27)/t18-/m0/s1. The van der Waals surface area contributed by atoms with Gasteiger partial charge in [0.25, 0.3) is 0 Å². The fourth-order valence-corrected chi connectivity index (χ4v) is 4.70. The number of sulfonamides is 1. The Labute approximate surface area is 178 Å². The van der Waals surface area contributed by atoms with E-state index in [9.17, 15) is 18.0 Å². The largest absolute Gasteiger partial charge is 0.316 e. The number of likely N-dealkylation sites (N-methyl/N-ethyl adjacent to an activating group) is 1. The van der Waals surface area contributed by atoms with Crippen molar-refractivity contribution in [1.29, 1.82) is 0 Å². The van der Waals surface area contributed by atoms with Crippen molar-refractivity contribution in [2.45, 2.75) is 24.8 Å². The molecular weight excluding hydrogens is 428 g/mol. The highest BCUT2D eigenvalue weighted by molar-refractivity contribution is 7.89. The van der Waals surface area contributed by atoms with E-state index in [0.717, 1.165) is 18.7 Å². The Morgan fingerprint density at radius 1 is 1.00 bits per heavy atom. The van der Waals surface area contributed by atoms with Gasteiger partial charge in [0.15, 0.2) is 0 Å². The molecule has 3 N–H and O–H groups in total. The van der Waals surface area contributed by atoms with Crippen molar-refractivity contribution in [3.63, 3.8) is 0 Å². The fourth-order valence-electron chi connectivity index (χ4n) is 3.38. The Hall–Kier alpha value is -2.46. The molecule has 1 aromatic heterocycles. The number of benzene rings is 2. The first-order valence-corrected chi connectivity index (χ1v) is 11.4. The quantitative estimate of drug-likeness (QED) is 0.455. The number of nitrogens with one attached hydrogen (secondary N) is 3. The van der Waals surface area contributed by atoms with Crippen LogP contribution in [0.5, 0.6) is 0 Å². The van der Waals surface area contributed by atoms with Crippen LogP contribution in [0.25, 0.3) is 11.0 Å². The number of aromatic amines is 2. The van der Waals surface area contributed by atoms with Crippen LogP contribution in [0.15, 0.2) is 56.9 Å². The maximum atomic E-state index is 12.9. The lowest BCUT2D eigenvalue weighted by Crippen LogP contribution is -2.38. The van der Waals surface area contributed by atoms with Gasteiger partial charge in [-0.25, -0.2) is 13.1 Å². The van der Waals surface area contributed by atoms with E-state index in [-0.39, 0.29) is 23.0 Å². The van der Waals surface area contributed by atoms with Crippen LogP contribution in [0.3, 0.4) is 0 Å². The third kappa shape index (κ3) is 4.65. The van der Waals surface area contributed by atoms with Crippen LogP contribution < -0.4 is 15.8 Å². The number of hydrogen-bond acceptors (Lipinski definition) is 5. The Kier molecular flexibility index (Phi) is 6.77. The summed E-state index contributed by atoms with van der Waals surface area (Å²) >= 11 is 6.37. The highest BCUT2D eigenvalue weighted by atomic mass is 35.5. The van der Waals surface area contributed by atoms with Crippen molar-refractivity contribution >= 4 is 32.7 Å². The molecule has 3 rings (SSSR count). The number of fused-ring (bicyclic) bond motifs is 1. The van der Waals surface area contributed by atoms with E-state index in [0.29, 0.717) is 10.5 Å². The first kappa shape index (κ1) is 22.2. The summed E-state index contributed by atoms with van der Waals surface area (Å²) in [5, 5.41) is 0.570. The normalized spacial score (nSPS) is 13.1. The van der Waals surface area contributed by atoms with Crippen LogP contribution in [0.1, 0.15) is 25.5 Å². The van der Waals surface area contributed by atoms with Gasteiger partial charge in [0, 0.05) is 17.6 Å². The van der Waals surface area contributed by atoms with Gasteiger partial charge in [-0.1, -0.05) is 43.6 Å². The first-order chi connectivity index (χ1) is 14.3. The van der Waals surface area contributed by atoms with Gasteiger partial charge >= 0.3 is 11.1 Å². The number of H-pyrrole nitrogens is 2. The molecule has 0 amide bonds. The molecule has 0 aliphatic rings. The minimum Gasteiger partial charge on any atom is -0.316 e. The van der Waals surface area contributed by atoms with Crippen molar-refractivity contribution in [3.05, 3.63) is 73.8 Å². The van der Waals surface area contributed by atoms with Gasteiger partial charge in [-0.3, -0.25) is 14.5 Å². The topological polar surface area (TPSA) is 115 Å². The summed E-state index contributed by atoms with van der Waals surface area (Å²) in [6.45, 7) is 5.57. The zero-order valence-corrected chi connectivity index (χ0v) is 18.2. The van der Waals surface area contributed by atoms with Gasteiger partial charge in [0.1, 0.15) is 0 Å². The Balaban J connectivity index is 1.92. The first-order valence-electron chi connectivity index (χ1n) is 9.51. The predicted octanol–water partition coefficient (Wildman–Crippen LogP) is 2.23. The van der Waals surface area contributed by atoms with Crippen molar-refractivity contribution in [2.75, 3.05) is 19.6 Å². The molecule has 10 heteroatoms. The minimum atomic E-state index is -3.87. The summed E-state index contributed by atoms with van der Waals surface area (Å²) in [4.78, 5) is 29.9. The van der Waals surface area contributed by atoms with Gasteiger partial charge in [0.2, 0.25) is 10.0 Å². The third-order valence-electron chi connectivity index (χ3n) is 4.99. The van der Waals surface area contributed by atoms with E-state index >= 15 is 0 Å². The molecule has 0 saturated heterocycles. The lowest BCUT2D eigenvalue weighted by molar-refractivity contribution is 0.220. The van der Waals surface area contributed by atoms with Crippen LogP contribution in [0.4, 0.5) is 0 Å². The van der Waals surface area contributed by atoms with Crippen LogP contribution in [0, 0.1) is 0 Å². The zero-order valence-electron chi connectivity index (χ0n) is 16.6. The van der Waals surface area contributed by atoms with E-state index in [1.165, 1.54) is 18.2 Å². The maximum Gasteiger partial charge on any atom is 0.314 e. The van der Waals surface area contributed by atoms with E-state index in [1.807, 2.05) is 32.0 Å². The molecule has 160 valence electrons. The monoisotopic (exact) mass is 450 g/mol. The van der Waals surface area contributed by atoms with E-state index in [2.05, 4.69) is 19.6 Å². The smallest absolute Gasteiger partial charge is 0.314 e. The number of nitrogens with zero attached hydrogens (tertiary/aromatic N) is 1. The SMILES string of the molecule is CCN(CC)[C@@H](CNS(=O)(=O)c1ccc2[nH]c(=O)c(=O)[nH]c2c1)c1ccccc1Cl. The number of hydrogen-bond donors (Lipinski definition) is 3. The molecule has 0 unspecified atom stereocenters. The van der Waals surface area contributed by atoms with Crippen LogP contribution in [-0.2, 0) is 10.0 Å². The van der Waals surface area contributed by atoms with E-state index in [1.54, 1.807) is 6.07 Å². The average Bonchev–Trinajstić information content (AvgIpc) is 2.72. The van der Waals surface area contributed by atoms with Crippen molar-refractivity contribution in [2.24, 2.45) is 0 Å². The maximum absolute atomic E-state index is 12.9. The van der Waals surface area contributed by atoms with Crippen LogP contribution in [-0.4, -0.2) is 42.9 Å². The summed E-state index contributed by atoms with van der Waals surface area (Å²) in [5.74, 6) is 0. The number of rotatable bonds is 8. The average molecular weight is 451 g/mol. The molecule has 0 aliphatic heterocycles. The molecule has 0 fully saturated rings. The molecule has 8 nitrogen and oxygen atoms in total. The molecule has 0 spiro atoms. The Morgan fingerprint density at radius 2 is 1.63 bits per heavy atom. The second kappa shape index (κ2) is 9.13. The highest BCUT2D eigenvalue weighted by Gasteiger charge is 2.24. The van der Waals surface area contributed by atoms with E-state index < -0.39 is 21.1 Å². The van der Waals surface area contributed by atoms with Crippen LogP contribution in [0.2, 0.25) is 5.02 Å². The summed E-state index contributed by atoms with van der Waals surface area (Å²) in [7, 11) is -3.87. The molecule has 1 heterocycles. The predicted molar refractivity (Wildman–Crippen MR) is 117 cm³/mol. The second-order valence-corrected chi connectivity index (χ2v) is 8.90. The summed E-state index contributed by atoms with van der Waals surface area (Å²) in [6.07, 6.45) is 0. The fraction of sp³-hybridized carbons (Fsp3) is 0.300. The zero-order chi connectivity index (χ0) is 21.9. The second-order valence-electron chi connectivity index (χ2n) is 6.73. The summed E-state index contributed by atoms with van der Waals surface area (Å²) in [6, 6.07) is 11.2.